The number of aldehydes is 1. The minimum atomic E-state index is -3.24. The lowest BCUT2D eigenvalue weighted by Gasteiger charge is -2.39. The lowest BCUT2D eigenvalue weighted by molar-refractivity contribution is -0.104. The number of carbonyl (C=O) groups is 1. The van der Waals surface area contributed by atoms with Crippen LogP contribution in [0.5, 0.6) is 5.75 Å². The zero-order valence-electron chi connectivity index (χ0n) is 19.8. The van der Waals surface area contributed by atoms with Crippen molar-refractivity contribution in [3.05, 3.63) is 55.1 Å². The third-order valence-corrected chi connectivity index (χ3v) is 6.93. The minimum Gasteiger partial charge on any atom is -0.490 e. The Kier molecular flexibility index (Phi) is 11.3. The number of allylic oxidation sites excluding steroid dienone is 1. The van der Waals surface area contributed by atoms with Crippen molar-refractivity contribution in [2.24, 2.45) is 0 Å². The molecule has 0 bridgehead atoms. The van der Waals surface area contributed by atoms with E-state index < -0.39 is 10.0 Å². The number of carbonyl (C=O) groups excluding carboxylic acids is 1. The van der Waals surface area contributed by atoms with Crippen molar-refractivity contribution in [1.29, 1.82) is 0 Å². The van der Waals surface area contributed by atoms with E-state index in [1.165, 1.54) is 17.9 Å². The molecule has 1 aliphatic heterocycles. The molecule has 7 nitrogen and oxygen atoms in total. The van der Waals surface area contributed by atoms with Gasteiger partial charge in [-0.1, -0.05) is 12.1 Å². The van der Waals surface area contributed by atoms with Crippen LogP contribution in [0, 0.1) is 0 Å². The van der Waals surface area contributed by atoms with E-state index in [0.717, 1.165) is 50.7 Å². The summed E-state index contributed by atoms with van der Waals surface area (Å²) in [6.45, 7) is 7.86. The number of nitrogens with one attached hydrogen (secondary N) is 1. The third-order valence-electron chi connectivity index (χ3n) is 6.20. The number of piperidine rings is 1. The Hall–Kier alpha value is -2.00. The fourth-order valence-corrected chi connectivity index (χ4v) is 5.45. The lowest BCUT2D eigenvalue weighted by Crippen LogP contribution is -2.56. The van der Waals surface area contributed by atoms with E-state index in [1.807, 2.05) is 19.2 Å². The van der Waals surface area contributed by atoms with Crippen LogP contribution in [0.3, 0.4) is 0 Å². The minimum absolute atomic E-state index is 0.0543. The zero-order chi connectivity index (χ0) is 24.3. The number of likely N-dealkylation sites (N-methyl/N-ethyl adjacent to an activating group) is 1. The molecule has 1 N–H and O–H groups in total. The van der Waals surface area contributed by atoms with Crippen LogP contribution in [0.2, 0.25) is 0 Å². The number of ether oxygens (including phenoxy) is 2. The average Bonchev–Trinajstić information content (AvgIpc) is 3.26. The molecule has 2 aliphatic rings. The number of rotatable bonds is 10. The maximum Gasteiger partial charge on any atom is 0.209 e. The van der Waals surface area contributed by atoms with E-state index in [9.17, 15) is 13.2 Å². The van der Waals surface area contributed by atoms with E-state index in [4.69, 9.17) is 9.47 Å². The second-order valence-electron chi connectivity index (χ2n) is 8.60. The smallest absolute Gasteiger partial charge is 0.209 e. The predicted octanol–water partition coefficient (Wildman–Crippen LogP) is 3.29. The highest BCUT2D eigenvalue weighted by Gasteiger charge is 2.33. The van der Waals surface area contributed by atoms with Crippen LogP contribution < -0.4 is 9.46 Å². The van der Waals surface area contributed by atoms with Crippen molar-refractivity contribution in [3.8, 4) is 5.75 Å². The van der Waals surface area contributed by atoms with Crippen LogP contribution in [-0.2, 0) is 19.6 Å². The quantitative estimate of drug-likeness (QED) is 0.316. The maximum atomic E-state index is 11.7. The number of hydrogen-bond acceptors (Lipinski definition) is 6. The van der Waals surface area contributed by atoms with Gasteiger partial charge in [-0.15, -0.1) is 13.2 Å². The fourth-order valence-electron chi connectivity index (χ4n) is 4.62. The maximum absolute atomic E-state index is 11.7. The Morgan fingerprint density at radius 1 is 1.24 bits per heavy atom. The highest BCUT2D eigenvalue weighted by Crippen LogP contribution is 2.37. The highest BCUT2D eigenvalue weighted by molar-refractivity contribution is 7.88. The molecule has 0 aromatic heterocycles. The Labute approximate surface area is 198 Å². The van der Waals surface area contributed by atoms with Crippen LogP contribution in [0.25, 0.3) is 0 Å². The van der Waals surface area contributed by atoms with E-state index in [0.29, 0.717) is 19.1 Å². The molecule has 1 aromatic carbocycles. The first-order chi connectivity index (χ1) is 15.9. The van der Waals surface area contributed by atoms with Gasteiger partial charge in [0.1, 0.15) is 18.6 Å². The molecule has 3 rings (SSSR count). The molecule has 1 heterocycles. The Morgan fingerprint density at radius 2 is 2.03 bits per heavy atom. The molecule has 1 aromatic rings. The molecule has 0 radical (unpaired) electrons. The Morgan fingerprint density at radius 3 is 2.76 bits per heavy atom. The van der Waals surface area contributed by atoms with Gasteiger partial charge >= 0.3 is 0 Å². The fraction of sp³-hybridized carbons (Fsp3) is 0.560. The summed E-state index contributed by atoms with van der Waals surface area (Å²) in [7, 11) is -1.20. The topological polar surface area (TPSA) is 84.9 Å². The van der Waals surface area contributed by atoms with Crippen LogP contribution in [0.1, 0.15) is 43.6 Å². The summed E-state index contributed by atoms with van der Waals surface area (Å²) in [4.78, 5) is 12.5. The van der Waals surface area contributed by atoms with Crippen LogP contribution in [0.15, 0.2) is 49.6 Å². The third kappa shape index (κ3) is 9.04. The summed E-state index contributed by atoms with van der Waals surface area (Å²) in [5.41, 5.74) is 1.24. The molecule has 8 heteroatoms. The lowest BCUT2D eigenvalue weighted by atomic mass is 9.97. The monoisotopic (exact) mass is 478 g/mol. The standard InChI is InChI=1S/C23H34N2O5S.C2H4/c1-25-12-6-9-22(24-31(2,27)28)23(25)17-30-21-11-10-19(16-21)18-7-5-8-20(15-18)29-14-4-3-13-26;1-2/h3-5,7-8,13,15,19,21-24H,6,9-12,14,16-17H2,1-2H3;1-2H2/b4-3+;. The van der Waals surface area contributed by atoms with Crippen LogP contribution >= 0.6 is 0 Å². The van der Waals surface area contributed by atoms with Crippen LogP contribution in [-0.4, -0.2) is 70.9 Å². The zero-order valence-corrected chi connectivity index (χ0v) is 20.6. The summed E-state index contributed by atoms with van der Waals surface area (Å²) in [6.07, 6.45) is 10.1. The number of hydrogen-bond donors (Lipinski definition) is 1. The van der Waals surface area contributed by atoms with Gasteiger partial charge in [-0.3, -0.25) is 9.69 Å². The molecule has 33 heavy (non-hydrogen) atoms. The molecule has 1 saturated heterocycles. The van der Waals surface area contributed by atoms with Gasteiger partial charge in [-0.05, 0) is 81.5 Å². The van der Waals surface area contributed by atoms with Gasteiger partial charge in [0.15, 0.2) is 0 Å². The number of sulfonamides is 1. The molecular formula is C25H38N2O5S. The molecule has 4 unspecified atom stereocenters. The van der Waals surface area contributed by atoms with E-state index in [1.54, 1.807) is 6.08 Å². The summed E-state index contributed by atoms with van der Waals surface area (Å²) >= 11 is 0. The summed E-state index contributed by atoms with van der Waals surface area (Å²) in [5, 5.41) is 0. The molecular weight excluding hydrogens is 440 g/mol. The second kappa shape index (κ2) is 13.6. The first-order valence-corrected chi connectivity index (χ1v) is 13.4. The van der Waals surface area contributed by atoms with Gasteiger partial charge in [-0.2, -0.15) is 0 Å². The van der Waals surface area contributed by atoms with Gasteiger partial charge in [0, 0.05) is 12.1 Å². The largest absolute Gasteiger partial charge is 0.490 e. The number of benzene rings is 1. The normalized spacial score (nSPS) is 26.0. The molecule has 1 aliphatic carbocycles. The molecule has 2 fully saturated rings. The SMILES string of the molecule is C=C.CN1CCCC(NS(C)(=O)=O)C1COC1CCC(c2cccc(OC/C=C/C=O)c2)C1. The first-order valence-electron chi connectivity index (χ1n) is 11.5. The number of likely N-dealkylation sites (tertiary alicyclic amines) is 1. The summed E-state index contributed by atoms with van der Waals surface area (Å²) in [5.74, 6) is 1.23. The van der Waals surface area contributed by atoms with Gasteiger partial charge in [0.05, 0.1) is 19.0 Å². The second-order valence-corrected chi connectivity index (χ2v) is 10.4. The average molecular weight is 479 g/mol. The highest BCUT2D eigenvalue weighted by atomic mass is 32.2. The predicted molar refractivity (Wildman–Crippen MR) is 132 cm³/mol. The van der Waals surface area contributed by atoms with Gasteiger partial charge in [0.25, 0.3) is 0 Å². The van der Waals surface area contributed by atoms with E-state index >= 15 is 0 Å². The van der Waals surface area contributed by atoms with E-state index in [-0.39, 0.29) is 18.2 Å². The van der Waals surface area contributed by atoms with Gasteiger partial charge < -0.3 is 9.47 Å². The van der Waals surface area contributed by atoms with Crippen molar-refractivity contribution in [3.63, 3.8) is 0 Å². The van der Waals surface area contributed by atoms with Crippen LogP contribution in [0.4, 0.5) is 0 Å². The van der Waals surface area contributed by atoms with Gasteiger partial charge in [0.2, 0.25) is 10.0 Å². The Bertz CT molecular complexity index is 873. The van der Waals surface area contributed by atoms with Crippen molar-refractivity contribution in [1.82, 2.24) is 9.62 Å². The first kappa shape index (κ1) is 27.2. The summed E-state index contributed by atoms with van der Waals surface area (Å²) in [6, 6.07) is 8.08. The van der Waals surface area contributed by atoms with Gasteiger partial charge in [-0.25, -0.2) is 13.1 Å². The molecule has 4 atom stereocenters. The molecule has 0 spiro atoms. The van der Waals surface area contributed by atoms with Crippen molar-refractivity contribution in [2.45, 2.75) is 56.2 Å². The molecule has 1 saturated carbocycles. The number of nitrogens with zero attached hydrogens (tertiary/aromatic N) is 1. The van der Waals surface area contributed by atoms with Crippen molar-refractivity contribution < 1.29 is 22.7 Å². The van der Waals surface area contributed by atoms with Crippen molar-refractivity contribution >= 4 is 16.3 Å². The molecule has 184 valence electrons. The summed E-state index contributed by atoms with van der Waals surface area (Å²) < 4.78 is 38.2. The van der Waals surface area contributed by atoms with Crippen molar-refractivity contribution in [2.75, 3.05) is 33.1 Å². The Balaban J connectivity index is 0.00000187. The van der Waals surface area contributed by atoms with E-state index in [2.05, 4.69) is 34.9 Å². The molecule has 0 amide bonds.